The number of hydrogen-bond acceptors (Lipinski definition) is 5. The van der Waals surface area contributed by atoms with E-state index < -0.39 is 15.6 Å². The lowest BCUT2D eigenvalue weighted by atomic mass is 9.47. The first-order chi connectivity index (χ1) is 13.2. The predicted molar refractivity (Wildman–Crippen MR) is 111 cm³/mol. The molecule has 6 atom stereocenters. The normalized spacial score (nSPS) is 37.2. The van der Waals surface area contributed by atoms with Gasteiger partial charge in [-0.3, -0.25) is 9.09 Å². The van der Waals surface area contributed by atoms with Crippen LogP contribution in [0.15, 0.2) is 23.3 Å². The Morgan fingerprint density at radius 1 is 1.34 bits per heavy atom. The highest BCUT2D eigenvalue weighted by Crippen LogP contribution is 2.62. The molecule has 0 saturated heterocycles. The summed E-state index contributed by atoms with van der Waals surface area (Å²) < 4.78 is 30.3. The summed E-state index contributed by atoms with van der Waals surface area (Å²) in [7, 11) is -10.2. The van der Waals surface area contributed by atoms with Gasteiger partial charge in [-0.25, -0.2) is 8.88 Å². The Labute approximate surface area is 174 Å². The molecule has 0 aromatic carbocycles. The van der Waals surface area contributed by atoms with E-state index in [-0.39, 0.29) is 17.4 Å². The lowest BCUT2D eigenvalue weighted by Gasteiger charge is -2.58. The van der Waals surface area contributed by atoms with Gasteiger partial charge in [-0.2, -0.15) is 0 Å². The smallest absolute Gasteiger partial charge is 0.479 e. The van der Waals surface area contributed by atoms with Gasteiger partial charge in [0.1, 0.15) is 0 Å². The van der Waals surface area contributed by atoms with Crippen molar-refractivity contribution in [3.05, 3.63) is 23.3 Å². The molecule has 9 heteroatoms. The highest BCUT2D eigenvalue weighted by Gasteiger charge is 2.52. The van der Waals surface area contributed by atoms with Gasteiger partial charge in [-0.05, 0) is 75.0 Å². The van der Waals surface area contributed by atoms with Crippen molar-refractivity contribution in [2.24, 2.45) is 22.7 Å². The van der Waals surface area contributed by atoms with Crippen LogP contribution < -0.4 is 4.89 Å². The Bertz CT molecular complexity index is 756. The predicted octanol–water partition coefficient (Wildman–Crippen LogP) is 5.11. The number of fused-ring (bicyclic) bond motifs is 1. The zero-order valence-electron chi connectivity index (χ0n) is 18.1. The number of hydrogen-bond donors (Lipinski definition) is 2. The zero-order valence-corrected chi connectivity index (χ0v) is 19.9. The van der Waals surface area contributed by atoms with Crippen molar-refractivity contribution in [2.75, 3.05) is 6.61 Å². The highest BCUT2D eigenvalue weighted by atomic mass is 31.3. The third kappa shape index (κ3) is 6.13. The average Bonchev–Trinajstić information content (AvgIpc) is 2.57. The first kappa shape index (κ1) is 25.0. The maximum absolute atomic E-state index is 11.5. The molecule has 0 bridgehead atoms. The van der Waals surface area contributed by atoms with Gasteiger partial charge in [-0.1, -0.05) is 44.1 Å². The van der Waals surface area contributed by atoms with E-state index in [0.717, 1.165) is 24.8 Å². The maximum Gasteiger partial charge on any atom is 0.479 e. The van der Waals surface area contributed by atoms with E-state index in [1.807, 2.05) is 6.92 Å². The lowest BCUT2D eigenvalue weighted by molar-refractivity contribution is -0.212. The van der Waals surface area contributed by atoms with Crippen LogP contribution in [0.25, 0.3) is 0 Å². The summed E-state index contributed by atoms with van der Waals surface area (Å²) in [6.07, 6.45) is 10.7. The quantitative estimate of drug-likeness (QED) is 0.391. The van der Waals surface area contributed by atoms with Crippen molar-refractivity contribution in [2.45, 2.75) is 73.1 Å². The summed E-state index contributed by atoms with van der Waals surface area (Å²) in [5, 5.41) is 0. The first-order valence-electron chi connectivity index (χ1n) is 10.2. The van der Waals surface area contributed by atoms with Crippen molar-refractivity contribution in [1.82, 2.24) is 0 Å². The Hall–Kier alpha value is -0.260. The van der Waals surface area contributed by atoms with E-state index in [4.69, 9.17) is 4.89 Å². The summed E-state index contributed by atoms with van der Waals surface area (Å²) >= 11 is 0. The topological polar surface area (TPSA) is 116 Å². The third-order valence-electron chi connectivity index (χ3n) is 7.53. The molecule has 0 spiro atoms. The van der Waals surface area contributed by atoms with Crippen LogP contribution in [-0.4, -0.2) is 16.4 Å². The van der Waals surface area contributed by atoms with Gasteiger partial charge in [0.15, 0.2) is 0 Å². The second kappa shape index (κ2) is 9.08. The van der Waals surface area contributed by atoms with Crippen molar-refractivity contribution in [1.29, 1.82) is 0 Å². The lowest BCUT2D eigenvalue weighted by Crippen LogP contribution is -2.49. The molecule has 168 valence electrons. The second-order valence-corrected chi connectivity index (χ2v) is 12.0. The van der Waals surface area contributed by atoms with Crippen LogP contribution >= 0.6 is 15.6 Å². The monoisotopic (exact) mass is 449 g/mol. The molecule has 0 heterocycles. The van der Waals surface area contributed by atoms with Crippen molar-refractivity contribution in [3.63, 3.8) is 0 Å². The van der Waals surface area contributed by atoms with Gasteiger partial charge in [0, 0.05) is 0 Å². The Balaban J connectivity index is 2.00. The molecule has 1 fully saturated rings. The van der Waals surface area contributed by atoms with Crippen LogP contribution in [0, 0.1) is 22.7 Å². The van der Waals surface area contributed by atoms with E-state index in [9.17, 15) is 18.9 Å². The molecule has 2 rings (SSSR count). The largest absolute Gasteiger partial charge is 0.756 e. The number of allylic oxidation sites excluding steroid dienone is 3. The Morgan fingerprint density at radius 3 is 2.62 bits per heavy atom. The second-order valence-electron chi connectivity index (χ2n) is 9.25. The fourth-order valence-corrected chi connectivity index (χ4v) is 6.82. The molecule has 2 N–H and O–H groups in total. The minimum atomic E-state index is -5.34. The summed E-state index contributed by atoms with van der Waals surface area (Å²) in [5.74, 6) is 1.26. The van der Waals surface area contributed by atoms with Gasteiger partial charge in [0.05, 0.1) is 6.61 Å². The van der Waals surface area contributed by atoms with Crippen molar-refractivity contribution >= 4 is 15.6 Å². The highest BCUT2D eigenvalue weighted by molar-refractivity contribution is 7.60. The molecule has 0 aliphatic heterocycles. The van der Waals surface area contributed by atoms with Crippen molar-refractivity contribution in [3.8, 4) is 0 Å². The third-order valence-corrected chi connectivity index (χ3v) is 9.65. The summed E-state index contributed by atoms with van der Waals surface area (Å²) in [6, 6.07) is 0. The first-order valence-corrected chi connectivity index (χ1v) is 13.2. The summed E-state index contributed by atoms with van der Waals surface area (Å²) in [5.41, 5.74) is 2.99. The summed E-state index contributed by atoms with van der Waals surface area (Å²) in [6.45, 7) is 11.1. The molecule has 2 aliphatic carbocycles. The van der Waals surface area contributed by atoms with E-state index in [1.54, 1.807) is 6.08 Å². The van der Waals surface area contributed by atoms with Gasteiger partial charge >= 0.3 is 7.82 Å². The van der Waals surface area contributed by atoms with Crippen molar-refractivity contribution < 1.29 is 32.6 Å². The van der Waals surface area contributed by atoms with Crippen LogP contribution in [0.5, 0.6) is 0 Å². The Morgan fingerprint density at radius 2 is 2.00 bits per heavy atom. The number of rotatable bonds is 8. The minimum Gasteiger partial charge on any atom is -0.756 e. The van der Waals surface area contributed by atoms with Crippen LogP contribution in [-0.2, 0) is 18.0 Å². The molecule has 0 amide bonds. The summed E-state index contributed by atoms with van der Waals surface area (Å²) in [4.78, 5) is 28.4. The van der Waals surface area contributed by atoms with Gasteiger partial charge in [0.2, 0.25) is 0 Å². The molecule has 0 aromatic rings. The van der Waals surface area contributed by atoms with E-state index in [1.165, 1.54) is 24.8 Å². The Kier molecular flexibility index (Phi) is 7.83. The van der Waals surface area contributed by atoms with Crippen LogP contribution in [0.4, 0.5) is 0 Å². The fraction of sp³-hybridized carbons (Fsp3) is 0.800. The van der Waals surface area contributed by atoms with Crippen LogP contribution in [0.1, 0.15) is 73.1 Å². The molecular weight excluding hydrogens is 414 g/mol. The van der Waals surface area contributed by atoms with Crippen LogP contribution in [0.2, 0.25) is 0 Å². The van der Waals surface area contributed by atoms with Gasteiger partial charge < -0.3 is 14.7 Å². The molecule has 1 saturated carbocycles. The standard InChI is InChI=1S/C20H36O7P2/c1-15(11-14-26-29(24,25)27-28(21,22)23)9-12-19(4)17(3)10-13-20(5)16(2)7-6-8-18(19)20/h7,11,17-18H,6,8-10,12-14H2,1-5H3,(H,24,25)(H2,21,22,23)/p-1/b15-11+/t17-,18+,19-,20-/m1/s1. The van der Waals surface area contributed by atoms with E-state index in [2.05, 4.69) is 42.6 Å². The van der Waals surface area contributed by atoms with Crippen LogP contribution in [0.3, 0.4) is 0 Å². The van der Waals surface area contributed by atoms with Gasteiger partial charge in [-0.15, -0.1) is 0 Å². The molecule has 7 nitrogen and oxygen atoms in total. The SMILES string of the molecule is CC1=CCC[C@H]2[C@](C)(CC/C(C)=C/COP(=O)(O)OP(=O)([O-])O)[C@H](C)CC[C@]12C. The molecule has 0 aromatic heterocycles. The fourth-order valence-electron chi connectivity index (χ4n) is 5.33. The molecule has 0 radical (unpaired) electrons. The number of phosphoric ester groups is 1. The molecule has 2 unspecified atom stereocenters. The van der Waals surface area contributed by atoms with E-state index >= 15 is 0 Å². The maximum atomic E-state index is 11.5. The molecule has 29 heavy (non-hydrogen) atoms. The minimum absolute atomic E-state index is 0.208. The molecule has 2 aliphatic rings. The van der Waals surface area contributed by atoms with E-state index in [0.29, 0.717) is 11.8 Å². The average molecular weight is 449 g/mol. The van der Waals surface area contributed by atoms with Gasteiger partial charge in [0.25, 0.3) is 7.82 Å². The number of phosphoric acid groups is 2. The zero-order chi connectivity index (χ0) is 22.1. The molecular formula is C20H35O7P2-.